The van der Waals surface area contributed by atoms with Crippen LogP contribution >= 0.6 is 0 Å². The number of piperidine rings is 1. The van der Waals surface area contributed by atoms with Crippen molar-refractivity contribution in [1.29, 1.82) is 0 Å². The van der Waals surface area contributed by atoms with E-state index in [1.54, 1.807) is 43.5 Å². The minimum atomic E-state index is -0.428. The second-order valence-electron chi connectivity index (χ2n) is 7.56. The third kappa shape index (κ3) is 3.93. The van der Waals surface area contributed by atoms with Crippen molar-refractivity contribution in [3.05, 3.63) is 59.2 Å². The number of amides is 3. The van der Waals surface area contributed by atoms with Crippen LogP contribution < -0.4 is 15.0 Å². The molecular weight excluding hydrogens is 382 g/mol. The van der Waals surface area contributed by atoms with Gasteiger partial charge in [0.05, 0.1) is 23.9 Å². The number of fused-ring (bicyclic) bond motifs is 1. The molecule has 0 aromatic heterocycles. The quantitative estimate of drug-likeness (QED) is 0.745. The number of ether oxygens (including phenoxy) is 1. The Labute approximate surface area is 175 Å². The molecule has 0 bridgehead atoms. The van der Waals surface area contributed by atoms with Gasteiger partial charge in [-0.1, -0.05) is 6.42 Å². The highest BCUT2D eigenvalue weighted by molar-refractivity contribution is 6.34. The van der Waals surface area contributed by atoms with Crippen LogP contribution in [-0.2, 0) is 0 Å². The fourth-order valence-corrected chi connectivity index (χ4v) is 3.96. The molecule has 7 heteroatoms. The Bertz CT molecular complexity index is 965. The molecule has 0 spiro atoms. The molecule has 2 aromatic carbocycles. The summed E-state index contributed by atoms with van der Waals surface area (Å²) < 4.78 is 5.12. The summed E-state index contributed by atoms with van der Waals surface area (Å²) >= 11 is 0. The first-order valence-corrected chi connectivity index (χ1v) is 10.3. The number of hydrogen-bond acceptors (Lipinski definition) is 5. The molecule has 2 aromatic rings. The fraction of sp³-hybridized carbons (Fsp3) is 0.348. The van der Waals surface area contributed by atoms with Gasteiger partial charge in [0.25, 0.3) is 17.7 Å². The second-order valence-corrected chi connectivity index (χ2v) is 7.56. The zero-order chi connectivity index (χ0) is 21.1. The lowest BCUT2D eigenvalue weighted by molar-refractivity contribution is 0.0923. The minimum absolute atomic E-state index is 0.238. The maximum absolute atomic E-state index is 12.9. The van der Waals surface area contributed by atoms with Gasteiger partial charge in [-0.25, -0.2) is 4.90 Å². The molecule has 4 rings (SSSR count). The van der Waals surface area contributed by atoms with E-state index in [0.717, 1.165) is 24.5 Å². The highest BCUT2D eigenvalue weighted by Gasteiger charge is 2.37. The van der Waals surface area contributed by atoms with Crippen molar-refractivity contribution in [1.82, 2.24) is 10.2 Å². The summed E-state index contributed by atoms with van der Waals surface area (Å²) in [5, 5.41) is 2.91. The van der Waals surface area contributed by atoms with Crippen molar-refractivity contribution >= 4 is 23.4 Å². The minimum Gasteiger partial charge on any atom is -0.497 e. The van der Waals surface area contributed by atoms with E-state index in [1.165, 1.54) is 25.3 Å². The van der Waals surface area contributed by atoms with E-state index >= 15 is 0 Å². The van der Waals surface area contributed by atoms with Crippen molar-refractivity contribution in [2.45, 2.75) is 19.3 Å². The van der Waals surface area contributed by atoms with Gasteiger partial charge in [-0.2, -0.15) is 0 Å². The van der Waals surface area contributed by atoms with Crippen LogP contribution in [0.5, 0.6) is 5.75 Å². The molecule has 156 valence electrons. The van der Waals surface area contributed by atoms with E-state index in [2.05, 4.69) is 10.2 Å². The van der Waals surface area contributed by atoms with Gasteiger partial charge in [-0.05, 0) is 68.4 Å². The van der Waals surface area contributed by atoms with Crippen LogP contribution in [0.3, 0.4) is 0 Å². The van der Waals surface area contributed by atoms with Gasteiger partial charge in [-0.3, -0.25) is 14.4 Å². The number of likely N-dealkylation sites (tertiary alicyclic amines) is 1. The van der Waals surface area contributed by atoms with Gasteiger partial charge in [0, 0.05) is 18.7 Å². The van der Waals surface area contributed by atoms with E-state index in [1.807, 2.05) is 0 Å². The predicted octanol–water partition coefficient (Wildman–Crippen LogP) is 2.71. The average Bonchev–Trinajstić information content (AvgIpc) is 3.04. The molecule has 2 aliphatic rings. The van der Waals surface area contributed by atoms with Crippen LogP contribution in [0.4, 0.5) is 5.69 Å². The fourth-order valence-electron chi connectivity index (χ4n) is 3.96. The molecule has 30 heavy (non-hydrogen) atoms. The summed E-state index contributed by atoms with van der Waals surface area (Å²) in [6, 6.07) is 11.4. The van der Waals surface area contributed by atoms with Crippen molar-refractivity contribution in [3.8, 4) is 5.75 Å². The second kappa shape index (κ2) is 8.67. The van der Waals surface area contributed by atoms with Gasteiger partial charge >= 0.3 is 0 Å². The number of nitrogens with zero attached hydrogens (tertiary/aromatic N) is 2. The molecule has 2 aliphatic heterocycles. The number of anilines is 1. The number of hydrogen-bond donors (Lipinski definition) is 1. The largest absolute Gasteiger partial charge is 0.497 e. The van der Waals surface area contributed by atoms with Gasteiger partial charge in [-0.15, -0.1) is 0 Å². The molecule has 1 saturated heterocycles. The lowest BCUT2D eigenvalue weighted by atomic mass is 10.1. The van der Waals surface area contributed by atoms with Gasteiger partial charge in [0.15, 0.2) is 0 Å². The maximum atomic E-state index is 12.9. The van der Waals surface area contributed by atoms with Crippen LogP contribution in [0.2, 0.25) is 0 Å². The zero-order valence-corrected chi connectivity index (χ0v) is 17.0. The van der Waals surface area contributed by atoms with Crippen LogP contribution in [-0.4, -0.2) is 55.9 Å². The van der Waals surface area contributed by atoms with E-state index in [-0.39, 0.29) is 11.5 Å². The SMILES string of the molecule is COc1ccc(N2C(=O)c3ccc(C(=O)NCCN4CCCCC4)cc3C2=O)cc1. The standard InChI is InChI=1S/C23H25N3O4/c1-30-18-8-6-17(7-9-18)26-22(28)19-10-5-16(15-20(19)23(26)29)21(27)24-11-14-25-12-3-2-4-13-25/h5-10,15H,2-4,11-14H2,1H3,(H,24,27). The molecule has 1 fully saturated rings. The summed E-state index contributed by atoms with van der Waals surface area (Å²) in [6.07, 6.45) is 3.69. The molecule has 0 saturated carbocycles. The molecule has 1 N–H and O–H groups in total. The van der Waals surface area contributed by atoms with Crippen LogP contribution in [0.15, 0.2) is 42.5 Å². The molecule has 3 amide bonds. The summed E-state index contributed by atoms with van der Waals surface area (Å²) in [7, 11) is 1.55. The molecule has 0 radical (unpaired) electrons. The van der Waals surface area contributed by atoms with Gasteiger partial charge in [0.2, 0.25) is 0 Å². The first kappa shape index (κ1) is 20.1. The predicted molar refractivity (Wildman–Crippen MR) is 113 cm³/mol. The van der Waals surface area contributed by atoms with E-state index in [0.29, 0.717) is 29.1 Å². The summed E-state index contributed by atoms with van der Waals surface area (Å²) in [5.41, 5.74) is 1.40. The number of benzene rings is 2. The van der Waals surface area contributed by atoms with Gasteiger partial charge in [0.1, 0.15) is 5.75 Å². The Morgan fingerprint density at radius 1 is 0.967 bits per heavy atom. The maximum Gasteiger partial charge on any atom is 0.266 e. The number of imide groups is 1. The lowest BCUT2D eigenvalue weighted by Gasteiger charge is -2.26. The van der Waals surface area contributed by atoms with Crippen LogP contribution in [0, 0.1) is 0 Å². The molecule has 0 atom stereocenters. The van der Waals surface area contributed by atoms with E-state index in [9.17, 15) is 14.4 Å². The third-order valence-electron chi connectivity index (χ3n) is 5.64. The average molecular weight is 407 g/mol. The number of carbonyl (C=O) groups excluding carboxylic acids is 3. The Hall–Kier alpha value is -3.19. The molecular formula is C23H25N3O4. The number of nitrogens with one attached hydrogen (secondary N) is 1. The van der Waals surface area contributed by atoms with Crippen molar-refractivity contribution in [2.75, 3.05) is 38.2 Å². The Morgan fingerprint density at radius 3 is 2.37 bits per heavy atom. The number of carbonyl (C=O) groups is 3. The first-order chi connectivity index (χ1) is 14.6. The summed E-state index contributed by atoms with van der Waals surface area (Å²) in [6.45, 7) is 3.53. The smallest absolute Gasteiger partial charge is 0.266 e. The van der Waals surface area contributed by atoms with Crippen LogP contribution in [0.1, 0.15) is 50.3 Å². The van der Waals surface area contributed by atoms with Crippen molar-refractivity contribution in [3.63, 3.8) is 0 Å². The Balaban J connectivity index is 1.45. The lowest BCUT2D eigenvalue weighted by Crippen LogP contribution is -2.37. The topological polar surface area (TPSA) is 79.0 Å². The number of rotatable bonds is 6. The molecule has 0 unspecified atom stereocenters. The molecule has 7 nitrogen and oxygen atoms in total. The first-order valence-electron chi connectivity index (χ1n) is 10.3. The Kier molecular flexibility index (Phi) is 5.81. The number of methoxy groups -OCH3 is 1. The zero-order valence-electron chi connectivity index (χ0n) is 17.0. The van der Waals surface area contributed by atoms with E-state index < -0.39 is 11.8 Å². The van der Waals surface area contributed by atoms with Crippen molar-refractivity contribution in [2.24, 2.45) is 0 Å². The van der Waals surface area contributed by atoms with Gasteiger partial charge < -0.3 is 15.0 Å². The molecule has 2 heterocycles. The molecule has 0 aliphatic carbocycles. The normalized spacial score (nSPS) is 16.5. The van der Waals surface area contributed by atoms with Crippen LogP contribution in [0.25, 0.3) is 0 Å². The van der Waals surface area contributed by atoms with Crippen molar-refractivity contribution < 1.29 is 19.1 Å². The Morgan fingerprint density at radius 2 is 1.67 bits per heavy atom. The monoisotopic (exact) mass is 407 g/mol. The highest BCUT2D eigenvalue weighted by atomic mass is 16.5. The summed E-state index contributed by atoms with van der Waals surface area (Å²) in [5.74, 6) is -0.419. The highest BCUT2D eigenvalue weighted by Crippen LogP contribution is 2.30. The summed E-state index contributed by atoms with van der Waals surface area (Å²) in [4.78, 5) is 41.7. The van der Waals surface area contributed by atoms with E-state index in [4.69, 9.17) is 4.74 Å². The third-order valence-corrected chi connectivity index (χ3v) is 5.64.